The van der Waals surface area contributed by atoms with Crippen LogP contribution in [-0.4, -0.2) is 23.0 Å². The molecule has 1 N–H and O–H groups in total. The van der Waals surface area contributed by atoms with E-state index in [1.165, 1.54) is 29.4 Å². The maximum absolute atomic E-state index is 12.2. The van der Waals surface area contributed by atoms with Gasteiger partial charge < -0.3 is 10.0 Å². The first-order valence-electron chi connectivity index (χ1n) is 5.26. The van der Waals surface area contributed by atoms with Crippen molar-refractivity contribution in [3.05, 3.63) is 53.3 Å². The Morgan fingerprint density at radius 1 is 1.28 bits per heavy atom. The van der Waals surface area contributed by atoms with Crippen molar-refractivity contribution >= 4 is 23.2 Å². The van der Waals surface area contributed by atoms with Gasteiger partial charge in [-0.05, 0) is 30.3 Å². The Morgan fingerprint density at radius 2 is 1.94 bits per heavy atom. The first kappa shape index (κ1) is 12.4. The van der Waals surface area contributed by atoms with E-state index in [9.17, 15) is 9.90 Å². The molecule has 0 fully saturated rings. The van der Waals surface area contributed by atoms with Crippen LogP contribution in [0.1, 0.15) is 10.4 Å². The van der Waals surface area contributed by atoms with Crippen LogP contribution in [-0.2, 0) is 0 Å². The van der Waals surface area contributed by atoms with Crippen LogP contribution in [0, 0.1) is 0 Å². The first-order valence-corrected chi connectivity index (χ1v) is 5.64. The zero-order chi connectivity index (χ0) is 13.1. The van der Waals surface area contributed by atoms with Gasteiger partial charge in [0.1, 0.15) is 5.75 Å². The Bertz CT molecular complexity index is 569. The third-order valence-electron chi connectivity index (χ3n) is 2.54. The summed E-state index contributed by atoms with van der Waals surface area (Å²) >= 11 is 5.95. The normalized spacial score (nSPS) is 10.1. The molecule has 0 atom stereocenters. The van der Waals surface area contributed by atoms with E-state index < -0.39 is 0 Å². The second kappa shape index (κ2) is 5.06. The number of hydrogen-bond donors (Lipinski definition) is 1. The van der Waals surface area contributed by atoms with Crippen LogP contribution >= 0.6 is 11.6 Å². The Hall–Kier alpha value is -2.07. The van der Waals surface area contributed by atoms with Crippen LogP contribution in [0.4, 0.5) is 5.69 Å². The third-order valence-corrected chi connectivity index (χ3v) is 2.87. The molecule has 18 heavy (non-hydrogen) atoms. The minimum absolute atomic E-state index is 0.152. The lowest BCUT2D eigenvalue weighted by molar-refractivity contribution is 0.0993. The summed E-state index contributed by atoms with van der Waals surface area (Å²) in [5.41, 5.74) is 1.01. The molecule has 0 saturated heterocycles. The average Bonchev–Trinajstić information content (AvgIpc) is 2.38. The molecule has 0 unspecified atom stereocenters. The molecule has 0 bridgehead atoms. The summed E-state index contributed by atoms with van der Waals surface area (Å²) in [7, 11) is 1.64. The molecule has 1 aromatic carbocycles. The minimum atomic E-state index is -0.251. The summed E-state index contributed by atoms with van der Waals surface area (Å²) in [5.74, 6) is -0.0993. The van der Waals surface area contributed by atoms with Gasteiger partial charge >= 0.3 is 0 Å². The van der Waals surface area contributed by atoms with Crippen molar-refractivity contribution in [2.75, 3.05) is 11.9 Å². The first-order chi connectivity index (χ1) is 8.59. The highest BCUT2D eigenvalue weighted by Gasteiger charge is 2.16. The molecule has 1 amide bonds. The number of benzene rings is 1. The van der Waals surface area contributed by atoms with Crippen molar-refractivity contribution < 1.29 is 9.90 Å². The number of halogens is 1. The number of hydrogen-bond acceptors (Lipinski definition) is 3. The molecule has 2 aromatic rings. The Labute approximate surface area is 109 Å². The van der Waals surface area contributed by atoms with E-state index >= 15 is 0 Å². The number of nitrogens with zero attached hydrogens (tertiary/aromatic N) is 2. The minimum Gasteiger partial charge on any atom is -0.508 e. The lowest BCUT2D eigenvalue weighted by atomic mass is 10.2. The van der Waals surface area contributed by atoms with E-state index in [0.717, 1.165) is 0 Å². The maximum Gasteiger partial charge on any atom is 0.261 e. The van der Waals surface area contributed by atoms with Crippen molar-refractivity contribution in [3.63, 3.8) is 0 Å². The Morgan fingerprint density at radius 3 is 2.56 bits per heavy atom. The largest absolute Gasteiger partial charge is 0.508 e. The van der Waals surface area contributed by atoms with Crippen molar-refractivity contribution in [2.45, 2.75) is 0 Å². The van der Waals surface area contributed by atoms with Gasteiger partial charge in [-0.25, -0.2) is 0 Å². The predicted octanol–water partition coefficient (Wildman–Crippen LogP) is 2.72. The number of anilines is 1. The van der Waals surface area contributed by atoms with Crippen molar-refractivity contribution in [3.8, 4) is 5.75 Å². The molecule has 4 nitrogen and oxygen atoms in total. The van der Waals surface area contributed by atoms with Gasteiger partial charge in [0.25, 0.3) is 5.91 Å². The Balaban J connectivity index is 2.29. The number of aromatic nitrogens is 1. The second-order valence-electron chi connectivity index (χ2n) is 3.74. The van der Waals surface area contributed by atoms with E-state index in [-0.39, 0.29) is 11.7 Å². The lowest BCUT2D eigenvalue weighted by Crippen LogP contribution is -2.26. The van der Waals surface area contributed by atoms with Gasteiger partial charge in [-0.1, -0.05) is 11.6 Å². The van der Waals surface area contributed by atoms with E-state index in [1.54, 1.807) is 25.2 Å². The number of aromatic hydroxyl groups is 1. The molecular weight excluding hydrogens is 252 g/mol. The molecule has 2 rings (SSSR count). The molecule has 0 saturated carbocycles. The van der Waals surface area contributed by atoms with E-state index in [2.05, 4.69) is 4.98 Å². The van der Waals surface area contributed by atoms with Crippen LogP contribution in [0.2, 0.25) is 5.02 Å². The standard InChI is InChI=1S/C13H11ClN2O2/c1-16(9-2-4-10(17)5-3-9)13(18)11-8-15-7-6-12(11)14/h2-8,17H,1H3. The topological polar surface area (TPSA) is 53.4 Å². The smallest absolute Gasteiger partial charge is 0.261 e. The highest BCUT2D eigenvalue weighted by Crippen LogP contribution is 2.21. The van der Waals surface area contributed by atoms with Gasteiger partial charge in [-0.2, -0.15) is 0 Å². The van der Waals surface area contributed by atoms with Gasteiger partial charge in [0.2, 0.25) is 0 Å². The summed E-state index contributed by atoms with van der Waals surface area (Å²) in [6.45, 7) is 0. The van der Waals surface area contributed by atoms with Crippen LogP contribution in [0.3, 0.4) is 0 Å². The van der Waals surface area contributed by atoms with Crippen LogP contribution < -0.4 is 4.90 Å². The number of amides is 1. The molecule has 0 spiro atoms. The van der Waals surface area contributed by atoms with Gasteiger partial charge in [-0.15, -0.1) is 0 Å². The number of phenols is 1. The summed E-state index contributed by atoms with van der Waals surface area (Å²) in [6.07, 6.45) is 2.96. The molecule has 1 heterocycles. The fraction of sp³-hybridized carbons (Fsp3) is 0.0769. The average molecular weight is 263 g/mol. The monoisotopic (exact) mass is 262 g/mol. The lowest BCUT2D eigenvalue weighted by Gasteiger charge is -2.17. The summed E-state index contributed by atoms with van der Waals surface area (Å²) < 4.78 is 0. The predicted molar refractivity (Wildman–Crippen MR) is 70.1 cm³/mol. The summed E-state index contributed by atoms with van der Waals surface area (Å²) in [5, 5.41) is 9.57. The zero-order valence-electron chi connectivity index (χ0n) is 9.67. The molecule has 0 aliphatic rings. The van der Waals surface area contributed by atoms with E-state index in [0.29, 0.717) is 16.3 Å². The van der Waals surface area contributed by atoms with Gasteiger partial charge in [-0.3, -0.25) is 9.78 Å². The van der Waals surface area contributed by atoms with Gasteiger partial charge in [0, 0.05) is 25.1 Å². The highest BCUT2D eigenvalue weighted by molar-refractivity contribution is 6.34. The third kappa shape index (κ3) is 2.43. The molecule has 0 aliphatic carbocycles. The van der Waals surface area contributed by atoms with Gasteiger partial charge in [0.05, 0.1) is 10.6 Å². The van der Waals surface area contributed by atoms with Crippen LogP contribution in [0.25, 0.3) is 0 Å². The number of carbonyl (C=O) groups excluding carboxylic acids is 1. The molecule has 0 aliphatic heterocycles. The molecule has 1 aromatic heterocycles. The molecular formula is C13H11ClN2O2. The number of carbonyl (C=O) groups is 1. The van der Waals surface area contributed by atoms with Crippen LogP contribution in [0.5, 0.6) is 5.75 Å². The number of rotatable bonds is 2. The second-order valence-corrected chi connectivity index (χ2v) is 4.14. The van der Waals surface area contributed by atoms with Crippen LogP contribution in [0.15, 0.2) is 42.7 Å². The maximum atomic E-state index is 12.2. The van der Waals surface area contributed by atoms with E-state index in [4.69, 9.17) is 11.6 Å². The number of phenolic OH excluding ortho intramolecular Hbond substituents is 1. The number of pyridine rings is 1. The summed E-state index contributed by atoms with van der Waals surface area (Å²) in [4.78, 5) is 17.5. The zero-order valence-corrected chi connectivity index (χ0v) is 10.4. The Kier molecular flexibility index (Phi) is 3.48. The van der Waals surface area contributed by atoms with Crippen molar-refractivity contribution in [2.24, 2.45) is 0 Å². The van der Waals surface area contributed by atoms with Crippen molar-refractivity contribution in [1.82, 2.24) is 4.98 Å². The quantitative estimate of drug-likeness (QED) is 0.905. The van der Waals surface area contributed by atoms with Crippen molar-refractivity contribution in [1.29, 1.82) is 0 Å². The summed E-state index contributed by atoms with van der Waals surface area (Å²) in [6, 6.07) is 7.91. The fourth-order valence-corrected chi connectivity index (χ4v) is 1.70. The van der Waals surface area contributed by atoms with E-state index in [1.807, 2.05) is 0 Å². The fourth-order valence-electron chi connectivity index (χ4n) is 1.51. The molecule has 5 heteroatoms. The highest BCUT2D eigenvalue weighted by atomic mass is 35.5. The van der Waals surface area contributed by atoms with Gasteiger partial charge in [0.15, 0.2) is 0 Å². The molecule has 92 valence electrons. The SMILES string of the molecule is CN(C(=O)c1cnccc1Cl)c1ccc(O)cc1. The molecule has 0 radical (unpaired) electrons.